The Labute approximate surface area is 135 Å². The van der Waals surface area contributed by atoms with Crippen LogP contribution in [-0.2, 0) is 0 Å². The highest BCUT2D eigenvalue weighted by Gasteiger charge is 2.33. The van der Waals surface area contributed by atoms with E-state index in [2.05, 4.69) is 20.8 Å². The van der Waals surface area contributed by atoms with Gasteiger partial charge in [-0.15, -0.1) is 0 Å². The molecule has 0 bridgehead atoms. The Morgan fingerprint density at radius 1 is 0.714 bits per heavy atom. The normalized spacial score (nSPS) is 17.9. The van der Waals surface area contributed by atoms with Gasteiger partial charge in [-0.3, -0.25) is 0 Å². The van der Waals surface area contributed by atoms with Crippen LogP contribution < -0.4 is 0 Å². The van der Waals surface area contributed by atoms with Crippen LogP contribution in [0.3, 0.4) is 0 Å². The summed E-state index contributed by atoms with van der Waals surface area (Å²) in [4.78, 5) is 0. The van der Waals surface area contributed by atoms with Crippen molar-refractivity contribution in [1.82, 2.24) is 0 Å². The lowest BCUT2D eigenvalue weighted by molar-refractivity contribution is 0.280. The van der Waals surface area contributed by atoms with Crippen LogP contribution in [0.5, 0.6) is 0 Å². The zero-order chi connectivity index (χ0) is 15.3. The van der Waals surface area contributed by atoms with E-state index in [0.29, 0.717) is 0 Å². The first kappa shape index (κ1) is 19.0. The maximum absolute atomic E-state index is 2.49. The van der Waals surface area contributed by atoms with Crippen LogP contribution in [0.1, 0.15) is 117 Å². The number of rotatable bonds is 15. The summed E-state index contributed by atoms with van der Waals surface area (Å²) in [5.74, 6) is 3.15. The molecule has 0 aromatic carbocycles. The molecule has 0 nitrogen and oxygen atoms in total. The van der Waals surface area contributed by atoms with E-state index in [9.17, 15) is 0 Å². The Bertz CT molecular complexity index is 216. The lowest BCUT2D eigenvalue weighted by Crippen LogP contribution is -2.13. The quantitative estimate of drug-likeness (QED) is 0.271. The third kappa shape index (κ3) is 9.59. The van der Waals surface area contributed by atoms with Gasteiger partial charge in [0.05, 0.1) is 0 Å². The lowest BCUT2D eigenvalue weighted by Gasteiger charge is -2.22. The predicted octanol–water partition coefficient (Wildman–Crippen LogP) is 7.76. The van der Waals surface area contributed by atoms with Gasteiger partial charge in [-0.05, 0) is 37.0 Å². The highest BCUT2D eigenvalue weighted by molar-refractivity contribution is 4.83. The first-order valence-electron chi connectivity index (χ1n) is 10.3. The van der Waals surface area contributed by atoms with Gasteiger partial charge < -0.3 is 0 Å². The smallest absolute Gasteiger partial charge is 0.0360 e. The summed E-state index contributed by atoms with van der Waals surface area (Å²) in [5, 5.41) is 0. The number of unbranched alkanes of at least 4 members (excludes halogenated alkanes) is 10. The zero-order valence-corrected chi connectivity index (χ0v) is 15.3. The van der Waals surface area contributed by atoms with Crippen LogP contribution in [0.15, 0.2) is 0 Å². The SMILES string of the molecule is CCCCCCCCCCCCCC(C(C)CC)C1CC1. The van der Waals surface area contributed by atoms with Gasteiger partial charge in [0, 0.05) is 0 Å². The molecule has 0 radical (unpaired) electrons. The zero-order valence-electron chi connectivity index (χ0n) is 15.3. The summed E-state index contributed by atoms with van der Waals surface area (Å²) in [6, 6.07) is 0. The highest BCUT2D eigenvalue weighted by atomic mass is 14.4. The Morgan fingerprint density at radius 3 is 1.62 bits per heavy atom. The molecule has 0 aromatic rings. The molecule has 0 N–H and O–H groups in total. The molecule has 0 saturated heterocycles. The molecular formula is C21H42. The fraction of sp³-hybridized carbons (Fsp3) is 1.00. The summed E-state index contributed by atoms with van der Waals surface area (Å²) in [6.45, 7) is 7.16. The van der Waals surface area contributed by atoms with Crippen LogP contribution in [0.4, 0.5) is 0 Å². The van der Waals surface area contributed by atoms with E-state index in [1.54, 1.807) is 0 Å². The van der Waals surface area contributed by atoms with Crippen LogP contribution in [0.2, 0.25) is 0 Å². The minimum Gasteiger partial charge on any atom is -0.0654 e. The van der Waals surface area contributed by atoms with Gasteiger partial charge in [0.15, 0.2) is 0 Å². The third-order valence-corrected chi connectivity index (χ3v) is 5.74. The minimum absolute atomic E-state index is 0.973. The molecule has 0 spiro atoms. The van der Waals surface area contributed by atoms with Crippen molar-refractivity contribution in [1.29, 1.82) is 0 Å². The summed E-state index contributed by atoms with van der Waals surface area (Å²) < 4.78 is 0. The molecule has 21 heavy (non-hydrogen) atoms. The first-order valence-corrected chi connectivity index (χ1v) is 10.3. The summed E-state index contributed by atoms with van der Waals surface area (Å²) >= 11 is 0. The molecule has 1 fully saturated rings. The summed E-state index contributed by atoms with van der Waals surface area (Å²) in [5.41, 5.74) is 0. The van der Waals surface area contributed by atoms with E-state index in [1.807, 2.05) is 0 Å². The summed E-state index contributed by atoms with van der Waals surface area (Å²) in [6.07, 6.45) is 22.2. The number of hydrogen-bond acceptors (Lipinski definition) is 0. The van der Waals surface area contributed by atoms with Crippen molar-refractivity contribution in [2.75, 3.05) is 0 Å². The van der Waals surface area contributed by atoms with Crippen LogP contribution in [-0.4, -0.2) is 0 Å². The fourth-order valence-corrected chi connectivity index (χ4v) is 3.86. The molecule has 0 heterocycles. The second kappa shape index (κ2) is 12.5. The van der Waals surface area contributed by atoms with Crippen LogP contribution >= 0.6 is 0 Å². The van der Waals surface area contributed by atoms with Crippen molar-refractivity contribution >= 4 is 0 Å². The van der Waals surface area contributed by atoms with Gasteiger partial charge in [0.2, 0.25) is 0 Å². The predicted molar refractivity (Wildman–Crippen MR) is 96.7 cm³/mol. The second-order valence-corrected chi connectivity index (χ2v) is 7.71. The molecule has 1 aliphatic carbocycles. The fourth-order valence-electron chi connectivity index (χ4n) is 3.86. The molecule has 0 heteroatoms. The van der Waals surface area contributed by atoms with Crippen molar-refractivity contribution in [3.05, 3.63) is 0 Å². The Morgan fingerprint density at radius 2 is 1.19 bits per heavy atom. The largest absolute Gasteiger partial charge is 0.0654 e. The summed E-state index contributed by atoms with van der Waals surface area (Å²) in [7, 11) is 0. The third-order valence-electron chi connectivity index (χ3n) is 5.74. The molecule has 0 aliphatic heterocycles. The van der Waals surface area contributed by atoms with Gasteiger partial charge >= 0.3 is 0 Å². The molecule has 1 rings (SSSR count). The second-order valence-electron chi connectivity index (χ2n) is 7.71. The van der Waals surface area contributed by atoms with Crippen LogP contribution in [0.25, 0.3) is 0 Å². The molecule has 0 aromatic heterocycles. The van der Waals surface area contributed by atoms with E-state index < -0.39 is 0 Å². The van der Waals surface area contributed by atoms with E-state index in [0.717, 1.165) is 17.8 Å². The monoisotopic (exact) mass is 294 g/mol. The van der Waals surface area contributed by atoms with Crippen molar-refractivity contribution in [2.45, 2.75) is 117 Å². The molecule has 1 saturated carbocycles. The van der Waals surface area contributed by atoms with Crippen molar-refractivity contribution in [3.8, 4) is 0 Å². The van der Waals surface area contributed by atoms with Crippen LogP contribution in [0, 0.1) is 17.8 Å². The van der Waals surface area contributed by atoms with Gasteiger partial charge in [-0.25, -0.2) is 0 Å². The van der Waals surface area contributed by atoms with Gasteiger partial charge in [0.1, 0.15) is 0 Å². The molecule has 1 aliphatic rings. The molecule has 2 unspecified atom stereocenters. The number of hydrogen-bond donors (Lipinski definition) is 0. The maximum Gasteiger partial charge on any atom is -0.0360 e. The Balaban J connectivity index is 1.85. The Hall–Kier alpha value is 0. The van der Waals surface area contributed by atoms with Gasteiger partial charge in [-0.1, -0.05) is 97.8 Å². The van der Waals surface area contributed by atoms with Crippen molar-refractivity contribution in [3.63, 3.8) is 0 Å². The molecular weight excluding hydrogens is 252 g/mol. The average molecular weight is 295 g/mol. The average Bonchev–Trinajstić information content (AvgIpc) is 3.32. The van der Waals surface area contributed by atoms with E-state index >= 15 is 0 Å². The maximum atomic E-state index is 2.49. The standard InChI is InChI=1S/C21H42/c1-4-6-7-8-9-10-11-12-13-14-15-16-21(19(3)5-2)20-17-18-20/h19-21H,4-18H2,1-3H3. The van der Waals surface area contributed by atoms with E-state index in [-0.39, 0.29) is 0 Å². The Kier molecular flexibility index (Phi) is 11.4. The van der Waals surface area contributed by atoms with Crippen molar-refractivity contribution < 1.29 is 0 Å². The minimum atomic E-state index is 0.973. The molecule has 0 amide bonds. The topological polar surface area (TPSA) is 0 Å². The highest BCUT2D eigenvalue weighted by Crippen LogP contribution is 2.43. The lowest BCUT2D eigenvalue weighted by atomic mass is 9.83. The van der Waals surface area contributed by atoms with Gasteiger partial charge in [0.25, 0.3) is 0 Å². The molecule has 126 valence electrons. The van der Waals surface area contributed by atoms with E-state index in [1.165, 1.54) is 96.3 Å². The van der Waals surface area contributed by atoms with Gasteiger partial charge in [-0.2, -0.15) is 0 Å². The van der Waals surface area contributed by atoms with E-state index in [4.69, 9.17) is 0 Å². The molecule has 2 atom stereocenters. The van der Waals surface area contributed by atoms with Crippen molar-refractivity contribution in [2.24, 2.45) is 17.8 Å². The first-order chi connectivity index (χ1) is 10.3.